The Morgan fingerprint density at radius 2 is 1.52 bits per heavy atom. The molecule has 0 atom stereocenters. The molecule has 2 heterocycles. The molecular weight excluding hydrogens is 354 g/mol. The van der Waals surface area contributed by atoms with Crippen LogP contribution in [0.25, 0.3) is 44.1 Å². The number of pyridine rings is 1. The molecular formula is C27H23NO. The second-order valence-corrected chi connectivity index (χ2v) is 8.60. The van der Waals surface area contributed by atoms with Gasteiger partial charge in [-0.2, -0.15) is 0 Å². The zero-order valence-electron chi connectivity index (χ0n) is 16.9. The molecule has 0 saturated heterocycles. The fourth-order valence-corrected chi connectivity index (χ4v) is 3.99. The molecule has 142 valence electrons. The highest BCUT2D eigenvalue weighted by Crippen LogP contribution is 2.35. The van der Waals surface area contributed by atoms with Gasteiger partial charge in [0.25, 0.3) is 0 Å². The second-order valence-electron chi connectivity index (χ2n) is 8.60. The molecule has 3 aromatic carbocycles. The monoisotopic (exact) mass is 377 g/mol. The van der Waals surface area contributed by atoms with Gasteiger partial charge in [0.05, 0.1) is 12.0 Å². The quantitative estimate of drug-likeness (QED) is 0.316. The van der Waals surface area contributed by atoms with Gasteiger partial charge in [-0.05, 0) is 75.3 Å². The molecule has 0 amide bonds. The fraction of sp³-hybridized carbons (Fsp3) is 0.148. The third kappa shape index (κ3) is 3.21. The van der Waals surface area contributed by atoms with Crippen molar-refractivity contribution in [2.75, 3.05) is 0 Å². The van der Waals surface area contributed by atoms with Gasteiger partial charge in [-0.25, -0.2) is 0 Å². The maximum absolute atomic E-state index is 5.48. The number of hydrogen-bond acceptors (Lipinski definition) is 2. The van der Waals surface area contributed by atoms with Crippen molar-refractivity contribution in [3.8, 4) is 22.4 Å². The fourth-order valence-electron chi connectivity index (χ4n) is 3.99. The Kier molecular flexibility index (Phi) is 4.02. The largest absolute Gasteiger partial charge is 0.464 e. The van der Waals surface area contributed by atoms with E-state index in [1.807, 2.05) is 18.3 Å². The normalized spacial score (nSPS) is 12.0. The molecule has 0 N–H and O–H groups in total. The van der Waals surface area contributed by atoms with Crippen LogP contribution in [0, 0.1) is 0 Å². The van der Waals surface area contributed by atoms with Gasteiger partial charge in [-0.1, -0.05) is 51.1 Å². The highest BCUT2D eigenvalue weighted by atomic mass is 16.3. The van der Waals surface area contributed by atoms with Gasteiger partial charge in [0.2, 0.25) is 0 Å². The van der Waals surface area contributed by atoms with E-state index in [-0.39, 0.29) is 5.41 Å². The number of aromatic nitrogens is 1. The molecule has 5 rings (SSSR count). The molecule has 29 heavy (non-hydrogen) atoms. The Labute approximate surface area is 170 Å². The minimum atomic E-state index is 0.0551. The zero-order chi connectivity index (χ0) is 20.0. The number of fused-ring (bicyclic) bond motifs is 2. The summed E-state index contributed by atoms with van der Waals surface area (Å²) in [5.74, 6) is 0. The molecule has 5 aromatic rings. The van der Waals surface area contributed by atoms with Crippen LogP contribution in [-0.2, 0) is 5.41 Å². The van der Waals surface area contributed by atoms with Gasteiger partial charge in [0.15, 0.2) is 0 Å². The summed E-state index contributed by atoms with van der Waals surface area (Å²) in [7, 11) is 0. The molecule has 0 unspecified atom stereocenters. The Morgan fingerprint density at radius 1 is 0.724 bits per heavy atom. The van der Waals surface area contributed by atoms with E-state index in [1.165, 1.54) is 21.9 Å². The maximum atomic E-state index is 5.48. The van der Waals surface area contributed by atoms with Crippen molar-refractivity contribution in [2.45, 2.75) is 26.2 Å². The van der Waals surface area contributed by atoms with Gasteiger partial charge in [0, 0.05) is 17.1 Å². The highest BCUT2D eigenvalue weighted by molar-refractivity contribution is 5.91. The molecule has 0 radical (unpaired) electrons. The molecule has 0 saturated carbocycles. The van der Waals surface area contributed by atoms with E-state index in [0.717, 1.165) is 27.8 Å². The van der Waals surface area contributed by atoms with Crippen molar-refractivity contribution < 1.29 is 4.42 Å². The summed E-state index contributed by atoms with van der Waals surface area (Å²) < 4.78 is 5.48. The lowest BCUT2D eigenvalue weighted by atomic mass is 9.82. The summed E-state index contributed by atoms with van der Waals surface area (Å²) in [4.78, 5) is 4.70. The van der Waals surface area contributed by atoms with Gasteiger partial charge < -0.3 is 4.42 Å². The topological polar surface area (TPSA) is 26.0 Å². The van der Waals surface area contributed by atoms with Crippen LogP contribution in [-0.4, -0.2) is 4.98 Å². The summed E-state index contributed by atoms with van der Waals surface area (Å²) in [6.45, 7) is 6.80. The number of rotatable bonds is 2. The Bertz CT molecular complexity index is 1340. The van der Waals surface area contributed by atoms with Crippen LogP contribution in [0.1, 0.15) is 26.3 Å². The van der Waals surface area contributed by atoms with Crippen LogP contribution in [0.15, 0.2) is 89.7 Å². The summed E-state index contributed by atoms with van der Waals surface area (Å²) in [6, 6.07) is 25.7. The van der Waals surface area contributed by atoms with Gasteiger partial charge in [-0.3, -0.25) is 4.98 Å². The minimum Gasteiger partial charge on any atom is -0.464 e. The standard InChI is InChI=1S/C27H23NO/c1-27(2,3)24-16-22(15-20-6-4-5-7-23(20)24)25-17-19(10-12-28-25)18-8-9-26-21(14-18)11-13-29-26/h4-17H,1-3H3. The van der Waals surface area contributed by atoms with Crippen molar-refractivity contribution in [1.82, 2.24) is 4.98 Å². The lowest BCUT2D eigenvalue weighted by molar-refractivity contribution is 0.596. The van der Waals surface area contributed by atoms with Crippen molar-refractivity contribution in [1.29, 1.82) is 0 Å². The minimum absolute atomic E-state index is 0.0551. The van der Waals surface area contributed by atoms with Crippen LogP contribution >= 0.6 is 0 Å². The highest BCUT2D eigenvalue weighted by Gasteiger charge is 2.18. The summed E-state index contributed by atoms with van der Waals surface area (Å²) in [5, 5.41) is 3.67. The lowest BCUT2D eigenvalue weighted by Crippen LogP contribution is -2.12. The first-order chi connectivity index (χ1) is 14.0. The molecule has 0 fully saturated rings. The molecule has 0 aliphatic heterocycles. The third-order valence-electron chi connectivity index (χ3n) is 5.51. The van der Waals surface area contributed by atoms with Gasteiger partial charge >= 0.3 is 0 Å². The molecule has 0 aliphatic carbocycles. The first kappa shape index (κ1) is 17.7. The van der Waals surface area contributed by atoms with E-state index >= 15 is 0 Å². The van der Waals surface area contributed by atoms with Crippen LogP contribution in [0.4, 0.5) is 0 Å². The Morgan fingerprint density at radius 3 is 2.38 bits per heavy atom. The van der Waals surface area contributed by atoms with Crippen LogP contribution < -0.4 is 0 Å². The van der Waals surface area contributed by atoms with Gasteiger partial charge in [0.1, 0.15) is 5.58 Å². The summed E-state index contributed by atoms with van der Waals surface area (Å²) in [6.07, 6.45) is 3.63. The first-order valence-corrected chi connectivity index (χ1v) is 9.96. The zero-order valence-corrected chi connectivity index (χ0v) is 16.9. The van der Waals surface area contributed by atoms with E-state index in [9.17, 15) is 0 Å². The molecule has 0 bridgehead atoms. The second kappa shape index (κ2) is 6.59. The number of benzene rings is 3. The molecule has 2 nitrogen and oxygen atoms in total. The number of furan rings is 1. The maximum Gasteiger partial charge on any atom is 0.133 e. The molecule has 2 aromatic heterocycles. The first-order valence-electron chi connectivity index (χ1n) is 9.96. The van der Waals surface area contributed by atoms with Crippen molar-refractivity contribution >= 4 is 21.7 Å². The Hall–Kier alpha value is -3.39. The van der Waals surface area contributed by atoms with E-state index in [2.05, 4.69) is 81.4 Å². The van der Waals surface area contributed by atoms with E-state index < -0.39 is 0 Å². The predicted molar refractivity (Wildman–Crippen MR) is 121 cm³/mol. The van der Waals surface area contributed by atoms with Crippen molar-refractivity contribution in [3.63, 3.8) is 0 Å². The SMILES string of the molecule is CC(C)(C)c1cc(-c2cc(-c3ccc4occc4c3)ccn2)cc2ccccc12. The average molecular weight is 377 g/mol. The average Bonchev–Trinajstić information content (AvgIpc) is 3.20. The van der Waals surface area contributed by atoms with Crippen molar-refractivity contribution in [2.24, 2.45) is 0 Å². The number of nitrogens with zero attached hydrogens (tertiary/aromatic N) is 1. The molecule has 0 spiro atoms. The van der Waals surface area contributed by atoms with Crippen LogP contribution in [0.3, 0.4) is 0 Å². The van der Waals surface area contributed by atoms with E-state index in [4.69, 9.17) is 9.40 Å². The third-order valence-corrected chi connectivity index (χ3v) is 5.51. The summed E-state index contributed by atoms with van der Waals surface area (Å²) in [5.41, 5.74) is 6.78. The van der Waals surface area contributed by atoms with Crippen molar-refractivity contribution in [3.05, 3.63) is 90.8 Å². The molecule has 2 heteroatoms. The van der Waals surface area contributed by atoms with Gasteiger partial charge in [-0.15, -0.1) is 0 Å². The van der Waals surface area contributed by atoms with E-state index in [0.29, 0.717) is 0 Å². The lowest BCUT2D eigenvalue weighted by Gasteiger charge is -2.22. The Balaban J connectivity index is 1.66. The molecule has 0 aliphatic rings. The van der Waals surface area contributed by atoms with E-state index in [1.54, 1.807) is 6.26 Å². The van der Waals surface area contributed by atoms with Crippen LogP contribution in [0.5, 0.6) is 0 Å². The number of hydrogen-bond donors (Lipinski definition) is 0. The predicted octanol–water partition coefficient (Wildman–Crippen LogP) is 7.61. The van der Waals surface area contributed by atoms with Crippen LogP contribution in [0.2, 0.25) is 0 Å². The summed E-state index contributed by atoms with van der Waals surface area (Å²) >= 11 is 0. The smallest absolute Gasteiger partial charge is 0.133 e.